The maximum atomic E-state index is 12.0. The maximum absolute atomic E-state index is 12.0. The van der Waals surface area contributed by atoms with Crippen molar-refractivity contribution in [3.8, 4) is 0 Å². The van der Waals surface area contributed by atoms with Crippen LogP contribution in [0.3, 0.4) is 0 Å². The molecule has 1 saturated heterocycles. The number of nitrogens with two attached hydrogens (primary N) is 1. The van der Waals surface area contributed by atoms with E-state index in [-0.39, 0.29) is 5.91 Å². The van der Waals surface area contributed by atoms with Crippen molar-refractivity contribution in [3.63, 3.8) is 0 Å². The average Bonchev–Trinajstić information content (AvgIpc) is 2.42. The summed E-state index contributed by atoms with van der Waals surface area (Å²) in [7, 11) is 0. The summed E-state index contributed by atoms with van der Waals surface area (Å²) in [5, 5.41) is 12.7. The summed E-state index contributed by atoms with van der Waals surface area (Å²) in [5.74, 6) is -0.0559. The Bertz CT molecular complexity index is 518. The first-order chi connectivity index (χ1) is 9.85. The second-order valence-corrected chi connectivity index (χ2v) is 6.20. The largest absolute Gasteiger partial charge is 0.390 e. The number of thiocarbonyl (C=S) groups is 1. The first-order valence-corrected chi connectivity index (χ1v) is 7.41. The van der Waals surface area contributed by atoms with Crippen LogP contribution in [-0.2, 0) is 4.79 Å². The minimum atomic E-state index is -0.594. The van der Waals surface area contributed by atoms with E-state index in [0.717, 1.165) is 24.3 Å². The summed E-state index contributed by atoms with van der Waals surface area (Å²) in [6, 6.07) is 7.15. The van der Waals surface area contributed by atoms with E-state index in [1.807, 2.05) is 6.92 Å². The highest BCUT2D eigenvalue weighted by Crippen LogP contribution is 2.20. The summed E-state index contributed by atoms with van der Waals surface area (Å²) < 4.78 is 0. The van der Waals surface area contributed by atoms with Gasteiger partial charge < -0.3 is 16.2 Å². The van der Waals surface area contributed by atoms with E-state index in [4.69, 9.17) is 18.0 Å². The van der Waals surface area contributed by atoms with Gasteiger partial charge in [-0.25, -0.2) is 0 Å². The predicted molar refractivity (Wildman–Crippen MR) is 87.3 cm³/mol. The van der Waals surface area contributed by atoms with Crippen LogP contribution in [0.15, 0.2) is 24.3 Å². The van der Waals surface area contributed by atoms with Gasteiger partial charge in [0, 0.05) is 24.3 Å². The molecule has 5 nitrogen and oxygen atoms in total. The van der Waals surface area contributed by atoms with Crippen LogP contribution in [0.2, 0.25) is 0 Å². The average molecular weight is 307 g/mol. The van der Waals surface area contributed by atoms with E-state index in [1.54, 1.807) is 24.3 Å². The Labute approximate surface area is 130 Å². The Morgan fingerprint density at radius 1 is 1.38 bits per heavy atom. The number of hydrogen-bond acceptors (Lipinski definition) is 4. The molecule has 1 aromatic carbocycles. The third kappa shape index (κ3) is 4.77. The zero-order valence-corrected chi connectivity index (χ0v) is 12.9. The van der Waals surface area contributed by atoms with Crippen LogP contribution in [0.25, 0.3) is 0 Å². The second-order valence-electron chi connectivity index (χ2n) is 5.76. The molecule has 1 aliphatic heterocycles. The fourth-order valence-corrected chi connectivity index (χ4v) is 2.45. The fourth-order valence-electron chi connectivity index (χ4n) is 2.31. The van der Waals surface area contributed by atoms with Crippen LogP contribution in [-0.4, -0.2) is 46.1 Å². The Balaban J connectivity index is 1.83. The summed E-state index contributed by atoms with van der Waals surface area (Å²) in [6.07, 6.45) is 1.39. The van der Waals surface area contributed by atoms with Gasteiger partial charge in [-0.1, -0.05) is 12.2 Å². The van der Waals surface area contributed by atoms with Crippen molar-refractivity contribution in [1.29, 1.82) is 0 Å². The van der Waals surface area contributed by atoms with Gasteiger partial charge in [0.25, 0.3) is 0 Å². The number of likely N-dealkylation sites (tertiary alicyclic amines) is 1. The number of carbonyl (C=O) groups excluding carboxylic acids is 1. The van der Waals surface area contributed by atoms with Crippen molar-refractivity contribution in [1.82, 2.24) is 4.90 Å². The third-order valence-electron chi connectivity index (χ3n) is 3.75. The van der Waals surface area contributed by atoms with Crippen molar-refractivity contribution >= 4 is 28.8 Å². The Kier molecular flexibility index (Phi) is 4.92. The van der Waals surface area contributed by atoms with Gasteiger partial charge in [-0.15, -0.1) is 0 Å². The summed E-state index contributed by atoms with van der Waals surface area (Å²) in [5.41, 5.74) is 6.44. The molecule has 2 rings (SSSR count). The van der Waals surface area contributed by atoms with E-state index in [1.165, 1.54) is 0 Å². The Morgan fingerprint density at radius 3 is 2.48 bits per heavy atom. The normalized spacial score (nSPS) is 18.2. The van der Waals surface area contributed by atoms with Gasteiger partial charge in [0.1, 0.15) is 4.99 Å². The molecular formula is C15H21N3O2S. The first kappa shape index (κ1) is 15.9. The minimum Gasteiger partial charge on any atom is -0.390 e. The quantitative estimate of drug-likeness (QED) is 0.726. The second kappa shape index (κ2) is 6.51. The molecule has 1 heterocycles. The van der Waals surface area contributed by atoms with E-state index in [2.05, 4.69) is 10.2 Å². The lowest BCUT2D eigenvalue weighted by atomic mass is 9.94. The smallest absolute Gasteiger partial charge is 0.238 e. The molecule has 114 valence electrons. The molecule has 1 fully saturated rings. The Morgan fingerprint density at radius 2 is 1.95 bits per heavy atom. The van der Waals surface area contributed by atoms with Crippen LogP contribution < -0.4 is 11.1 Å². The lowest BCUT2D eigenvalue weighted by molar-refractivity contribution is -0.118. The van der Waals surface area contributed by atoms with Crippen LogP contribution >= 0.6 is 12.2 Å². The van der Waals surface area contributed by atoms with Gasteiger partial charge in [0.15, 0.2) is 0 Å². The lowest BCUT2D eigenvalue weighted by Crippen LogP contribution is -2.45. The van der Waals surface area contributed by atoms with Crippen LogP contribution in [0, 0.1) is 0 Å². The standard InChI is InChI=1S/C15H21N3O2S/c1-15(20)6-8-18(9-7-15)10-13(19)17-12-4-2-11(3-5-12)14(16)21/h2-5,20H,6-10H2,1H3,(H2,16,21)(H,17,19). The first-order valence-electron chi connectivity index (χ1n) is 7.00. The molecule has 0 unspecified atom stereocenters. The number of anilines is 1. The van der Waals surface area contributed by atoms with Gasteiger partial charge in [-0.05, 0) is 44.0 Å². The zero-order valence-electron chi connectivity index (χ0n) is 12.1. The molecule has 0 saturated carbocycles. The zero-order chi connectivity index (χ0) is 15.5. The van der Waals surface area contributed by atoms with Gasteiger partial charge in [0.05, 0.1) is 12.1 Å². The number of hydrogen-bond donors (Lipinski definition) is 3. The number of rotatable bonds is 4. The molecule has 4 N–H and O–H groups in total. The molecule has 6 heteroatoms. The molecule has 0 aliphatic carbocycles. The maximum Gasteiger partial charge on any atom is 0.238 e. The van der Waals surface area contributed by atoms with Crippen LogP contribution in [0.5, 0.6) is 0 Å². The molecule has 0 bridgehead atoms. The molecule has 1 aromatic rings. The van der Waals surface area contributed by atoms with Crippen molar-refractivity contribution < 1.29 is 9.90 Å². The summed E-state index contributed by atoms with van der Waals surface area (Å²) >= 11 is 4.88. The summed E-state index contributed by atoms with van der Waals surface area (Å²) in [6.45, 7) is 3.66. The fraction of sp³-hybridized carbons (Fsp3) is 0.467. The lowest BCUT2D eigenvalue weighted by Gasteiger charge is -2.35. The number of benzene rings is 1. The van der Waals surface area contributed by atoms with Crippen molar-refractivity contribution in [2.24, 2.45) is 5.73 Å². The third-order valence-corrected chi connectivity index (χ3v) is 3.99. The molecule has 0 aromatic heterocycles. The predicted octanol–water partition coefficient (Wildman–Crippen LogP) is 1.11. The van der Waals surface area contributed by atoms with Crippen molar-refractivity contribution in [2.75, 3.05) is 25.0 Å². The van der Waals surface area contributed by atoms with E-state index < -0.39 is 5.60 Å². The number of piperidine rings is 1. The number of nitrogens with zero attached hydrogens (tertiary/aromatic N) is 1. The van der Waals surface area contributed by atoms with E-state index in [0.29, 0.717) is 24.4 Å². The number of nitrogens with one attached hydrogen (secondary N) is 1. The summed E-state index contributed by atoms with van der Waals surface area (Å²) in [4.78, 5) is 14.4. The van der Waals surface area contributed by atoms with Gasteiger partial charge in [-0.2, -0.15) is 0 Å². The van der Waals surface area contributed by atoms with E-state index in [9.17, 15) is 9.90 Å². The van der Waals surface area contributed by atoms with Crippen molar-refractivity contribution in [2.45, 2.75) is 25.4 Å². The topological polar surface area (TPSA) is 78.6 Å². The highest BCUT2D eigenvalue weighted by molar-refractivity contribution is 7.80. The molecule has 0 atom stereocenters. The highest BCUT2D eigenvalue weighted by Gasteiger charge is 2.27. The SMILES string of the molecule is CC1(O)CCN(CC(=O)Nc2ccc(C(N)=S)cc2)CC1. The van der Waals surface area contributed by atoms with Crippen molar-refractivity contribution in [3.05, 3.63) is 29.8 Å². The minimum absolute atomic E-state index is 0.0559. The van der Waals surface area contributed by atoms with Gasteiger partial charge in [0.2, 0.25) is 5.91 Å². The number of carbonyl (C=O) groups is 1. The molecule has 0 radical (unpaired) electrons. The monoisotopic (exact) mass is 307 g/mol. The molecule has 1 amide bonds. The number of aliphatic hydroxyl groups is 1. The Hall–Kier alpha value is -1.50. The van der Waals surface area contributed by atoms with Gasteiger partial charge in [-0.3, -0.25) is 9.69 Å². The van der Waals surface area contributed by atoms with E-state index >= 15 is 0 Å². The number of amides is 1. The highest BCUT2D eigenvalue weighted by atomic mass is 32.1. The van der Waals surface area contributed by atoms with Crippen LogP contribution in [0.1, 0.15) is 25.3 Å². The molecular weight excluding hydrogens is 286 g/mol. The van der Waals surface area contributed by atoms with Crippen LogP contribution in [0.4, 0.5) is 5.69 Å². The molecule has 1 aliphatic rings. The molecule has 21 heavy (non-hydrogen) atoms. The van der Waals surface area contributed by atoms with Gasteiger partial charge >= 0.3 is 0 Å². The molecule has 0 spiro atoms.